The number of allylic oxidation sites excluding steroid dienone is 4. The van der Waals surface area contributed by atoms with Crippen LogP contribution in [-0.2, 0) is 28.6 Å². The molecule has 1 atom stereocenters. The molecule has 0 rings (SSSR count). The van der Waals surface area contributed by atoms with E-state index in [9.17, 15) is 14.4 Å². The van der Waals surface area contributed by atoms with Gasteiger partial charge in [-0.2, -0.15) is 0 Å². The molecule has 0 aromatic heterocycles. The van der Waals surface area contributed by atoms with Crippen molar-refractivity contribution in [2.45, 2.75) is 386 Å². The van der Waals surface area contributed by atoms with E-state index in [-0.39, 0.29) is 31.1 Å². The van der Waals surface area contributed by atoms with E-state index in [0.717, 1.165) is 77.0 Å². The average Bonchev–Trinajstić information content (AvgIpc) is 3.41. The lowest BCUT2D eigenvalue weighted by molar-refractivity contribution is -0.167. The highest BCUT2D eigenvalue weighted by Gasteiger charge is 2.19. The van der Waals surface area contributed by atoms with E-state index in [1.807, 2.05) is 0 Å². The van der Waals surface area contributed by atoms with Crippen LogP contribution >= 0.6 is 0 Å². The van der Waals surface area contributed by atoms with Crippen molar-refractivity contribution in [2.75, 3.05) is 13.2 Å². The van der Waals surface area contributed by atoms with Crippen LogP contribution in [0.25, 0.3) is 0 Å². The maximum atomic E-state index is 12.9. The van der Waals surface area contributed by atoms with Crippen molar-refractivity contribution in [1.29, 1.82) is 0 Å². The summed E-state index contributed by atoms with van der Waals surface area (Å²) in [6, 6.07) is 0. The quantitative estimate of drug-likeness (QED) is 0.0261. The summed E-state index contributed by atoms with van der Waals surface area (Å²) < 4.78 is 17.0. The molecule has 0 N–H and O–H groups in total. The van der Waals surface area contributed by atoms with Crippen molar-refractivity contribution >= 4 is 17.9 Å². The summed E-state index contributed by atoms with van der Waals surface area (Å²) in [5.74, 6) is -0.854. The molecule has 0 heterocycles. The van der Waals surface area contributed by atoms with E-state index in [4.69, 9.17) is 14.2 Å². The summed E-state index contributed by atoms with van der Waals surface area (Å²) >= 11 is 0. The van der Waals surface area contributed by atoms with Gasteiger partial charge < -0.3 is 14.2 Å². The van der Waals surface area contributed by atoms with Gasteiger partial charge in [0.1, 0.15) is 13.2 Å². The van der Waals surface area contributed by atoms with E-state index in [1.54, 1.807) is 0 Å². The van der Waals surface area contributed by atoms with Crippen LogP contribution in [0.4, 0.5) is 0 Å². The van der Waals surface area contributed by atoms with E-state index in [0.29, 0.717) is 19.3 Å². The molecule has 0 aromatic carbocycles. The van der Waals surface area contributed by atoms with Gasteiger partial charge in [-0.1, -0.05) is 334 Å². The van der Waals surface area contributed by atoms with Gasteiger partial charge in [0.15, 0.2) is 6.10 Å². The van der Waals surface area contributed by atoms with Crippen LogP contribution in [0.2, 0.25) is 0 Å². The third kappa shape index (κ3) is 62.6. The fraction of sp³-hybridized carbons (Fsp3) is 0.899. The molecule has 1 unspecified atom stereocenters. The van der Waals surface area contributed by atoms with Crippen molar-refractivity contribution in [1.82, 2.24) is 0 Å². The van der Waals surface area contributed by atoms with Crippen molar-refractivity contribution in [3.05, 3.63) is 24.3 Å². The van der Waals surface area contributed by atoms with Crippen molar-refractivity contribution in [2.24, 2.45) is 0 Å². The molecule has 0 aliphatic heterocycles. The zero-order valence-corrected chi connectivity index (χ0v) is 50.8. The highest BCUT2D eigenvalue weighted by molar-refractivity contribution is 5.71. The Morgan fingerprint density at radius 1 is 0.267 bits per heavy atom. The Bertz CT molecular complexity index is 1210. The van der Waals surface area contributed by atoms with Gasteiger partial charge in [-0.3, -0.25) is 14.4 Å². The highest BCUT2D eigenvalue weighted by Crippen LogP contribution is 2.19. The fourth-order valence-electron chi connectivity index (χ4n) is 10.4. The lowest BCUT2D eigenvalue weighted by Gasteiger charge is -2.18. The summed E-state index contributed by atoms with van der Waals surface area (Å²) in [6.45, 7) is 6.68. The first-order chi connectivity index (χ1) is 37.0. The van der Waals surface area contributed by atoms with Crippen LogP contribution in [0.3, 0.4) is 0 Å². The number of hydrogen-bond donors (Lipinski definition) is 0. The van der Waals surface area contributed by atoms with Crippen molar-refractivity contribution < 1.29 is 28.6 Å². The van der Waals surface area contributed by atoms with Crippen LogP contribution in [0, 0.1) is 0 Å². The molecule has 0 radical (unpaired) electrons. The van der Waals surface area contributed by atoms with Gasteiger partial charge in [0.25, 0.3) is 0 Å². The Hall–Kier alpha value is -2.11. The van der Waals surface area contributed by atoms with Gasteiger partial charge in [0.05, 0.1) is 0 Å². The number of esters is 3. The molecule has 442 valence electrons. The molecule has 0 bridgehead atoms. The number of ether oxygens (including phenoxy) is 3. The number of unbranched alkanes of at least 4 members (excludes halogenated alkanes) is 48. The molecule has 0 amide bonds. The topological polar surface area (TPSA) is 78.9 Å². The van der Waals surface area contributed by atoms with Crippen molar-refractivity contribution in [3.63, 3.8) is 0 Å². The Morgan fingerprint density at radius 2 is 0.480 bits per heavy atom. The van der Waals surface area contributed by atoms with E-state index >= 15 is 0 Å². The summed E-state index contributed by atoms with van der Waals surface area (Å²) in [5, 5.41) is 0. The smallest absolute Gasteiger partial charge is 0.306 e. The molecular weight excluding hydrogens is 925 g/mol. The predicted molar refractivity (Wildman–Crippen MR) is 326 cm³/mol. The maximum Gasteiger partial charge on any atom is 0.306 e. The van der Waals surface area contributed by atoms with Gasteiger partial charge in [-0.25, -0.2) is 0 Å². The minimum absolute atomic E-state index is 0.0695. The molecule has 0 fully saturated rings. The van der Waals surface area contributed by atoms with Crippen LogP contribution in [-0.4, -0.2) is 37.2 Å². The first-order valence-corrected chi connectivity index (χ1v) is 33.8. The SMILES string of the molecule is CCCCC/C=C\C/C=C\CCCCCCCC(=O)OCC(COC(=O)CCCCCCCCCCCCCCCCCCCCCCCCCCCC)OC(=O)CCCCCCCCCCCCCCCCCC. The fourth-order valence-corrected chi connectivity index (χ4v) is 10.4. The predicted octanol–water partition coefficient (Wildman–Crippen LogP) is 23.0. The first kappa shape index (κ1) is 72.9. The molecule has 6 nitrogen and oxygen atoms in total. The van der Waals surface area contributed by atoms with Gasteiger partial charge in [-0.15, -0.1) is 0 Å². The molecule has 0 saturated carbocycles. The Labute approximate surface area is 468 Å². The molecule has 6 heteroatoms. The average molecular weight is 1060 g/mol. The number of hydrogen-bond acceptors (Lipinski definition) is 6. The molecular formula is C69H130O6. The third-order valence-corrected chi connectivity index (χ3v) is 15.5. The van der Waals surface area contributed by atoms with Gasteiger partial charge in [-0.05, 0) is 51.4 Å². The summed E-state index contributed by atoms with van der Waals surface area (Å²) in [5.41, 5.74) is 0. The van der Waals surface area contributed by atoms with Gasteiger partial charge in [0, 0.05) is 19.3 Å². The molecule has 0 saturated heterocycles. The van der Waals surface area contributed by atoms with Crippen LogP contribution in [0.15, 0.2) is 24.3 Å². The minimum atomic E-state index is -0.773. The number of rotatable bonds is 63. The minimum Gasteiger partial charge on any atom is -0.462 e. The second kappa shape index (κ2) is 64.4. The monoisotopic (exact) mass is 1050 g/mol. The third-order valence-electron chi connectivity index (χ3n) is 15.5. The Kier molecular flexibility index (Phi) is 62.6. The zero-order valence-electron chi connectivity index (χ0n) is 50.8. The number of carbonyl (C=O) groups excluding carboxylic acids is 3. The second-order valence-electron chi connectivity index (χ2n) is 23.1. The van der Waals surface area contributed by atoms with E-state index in [1.165, 1.54) is 263 Å². The summed E-state index contributed by atoms with van der Waals surface area (Å²) in [6.07, 6.45) is 77.7. The molecule has 0 aromatic rings. The second-order valence-corrected chi connectivity index (χ2v) is 23.1. The number of carbonyl (C=O) groups is 3. The van der Waals surface area contributed by atoms with Gasteiger partial charge >= 0.3 is 17.9 Å². The first-order valence-electron chi connectivity index (χ1n) is 33.8. The molecule has 0 aliphatic carbocycles. The van der Waals surface area contributed by atoms with E-state index < -0.39 is 6.10 Å². The largest absolute Gasteiger partial charge is 0.462 e. The van der Waals surface area contributed by atoms with Crippen LogP contribution in [0.5, 0.6) is 0 Å². The lowest BCUT2D eigenvalue weighted by Crippen LogP contribution is -2.30. The van der Waals surface area contributed by atoms with Crippen LogP contribution < -0.4 is 0 Å². The summed E-state index contributed by atoms with van der Waals surface area (Å²) in [4.78, 5) is 38.3. The highest BCUT2D eigenvalue weighted by atomic mass is 16.6. The maximum absolute atomic E-state index is 12.9. The molecule has 0 spiro atoms. The molecule has 0 aliphatic rings. The Morgan fingerprint density at radius 3 is 0.760 bits per heavy atom. The normalized spacial score (nSPS) is 12.1. The van der Waals surface area contributed by atoms with E-state index in [2.05, 4.69) is 45.1 Å². The van der Waals surface area contributed by atoms with Crippen molar-refractivity contribution in [3.8, 4) is 0 Å². The van der Waals surface area contributed by atoms with Crippen LogP contribution in [0.1, 0.15) is 380 Å². The standard InChI is InChI=1S/C69H130O6/c1-4-7-10-13-16-19-22-25-28-30-31-32-33-34-35-36-37-38-39-42-44-47-50-53-56-59-62-68(71)74-65-66(64-73-67(70)61-58-55-52-49-46-43-40-27-24-21-18-15-12-9-6-3)75-69(72)63-60-57-54-51-48-45-41-29-26-23-20-17-14-11-8-5-2/h18,21,27,40,66H,4-17,19-20,22-26,28-39,41-65H2,1-3H3/b21-18-,40-27-. The Balaban J connectivity index is 4.22. The molecule has 75 heavy (non-hydrogen) atoms. The van der Waals surface area contributed by atoms with Gasteiger partial charge in [0.2, 0.25) is 0 Å². The summed E-state index contributed by atoms with van der Waals surface area (Å²) in [7, 11) is 0. The zero-order chi connectivity index (χ0) is 54.3. The lowest BCUT2D eigenvalue weighted by atomic mass is 10.0.